The van der Waals surface area contributed by atoms with Crippen molar-refractivity contribution in [2.24, 2.45) is 5.73 Å². The van der Waals surface area contributed by atoms with Gasteiger partial charge < -0.3 is 20.5 Å². The highest BCUT2D eigenvalue weighted by molar-refractivity contribution is 7.16. The summed E-state index contributed by atoms with van der Waals surface area (Å²) < 4.78 is 11.3. The second kappa shape index (κ2) is 9.80. The third kappa shape index (κ3) is 4.97. The Labute approximate surface area is 174 Å². The van der Waals surface area contributed by atoms with E-state index >= 15 is 0 Å². The zero-order valence-corrected chi connectivity index (χ0v) is 18.1. The van der Waals surface area contributed by atoms with Gasteiger partial charge in [-0.05, 0) is 44.9 Å². The van der Waals surface area contributed by atoms with Crippen LogP contribution in [0.15, 0.2) is 12.1 Å². The highest BCUT2D eigenvalue weighted by atomic mass is 35.5. The van der Waals surface area contributed by atoms with Crippen molar-refractivity contribution in [2.75, 3.05) is 18.5 Å². The predicted octanol–water partition coefficient (Wildman–Crippen LogP) is 4.95. The second-order valence-corrected chi connectivity index (χ2v) is 7.86. The number of rotatable bonds is 9. The number of amides is 2. The van der Waals surface area contributed by atoms with E-state index in [0.29, 0.717) is 45.9 Å². The van der Waals surface area contributed by atoms with E-state index < -0.39 is 11.8 Å². The molecule has 0 radical (unpaired) electrons. The number of unbranched alkanes of at least 4 members (excludes halogenated alkanes) is 1. The summed E-state index contributed by atoms with van der Waals surface area (Å²) in [5.41, 5.74) is 6.86. The van der Waals surface area contributed by atoms with Crippen molar-refractivity contribution in [3.63, 3.8) is 0 Å². The fourth-order valence-electron chi connectivity index (χ4n) is 2.61. The van der Waals surface area contributed by atoms with E-state index in [1.165, 1.54) is 17.4 Å². The van der Waals surface area contributed by atoms with E-state index in [4.69, 9.17) is 26.8 Å². The Morgan fingerprint density at radius 3 is 2.54 bits per heavy atom. The molecule has 0 unspecified atom stereocenters. The minimum absolute atomic E-state index is 0.292. The second-order valence-electron chi connectivity index (χ2n) is 6.23. The number of halogens is 1. The number of benzene rings is 1. The topological polar surface area (TPSA) is 90.6 Å². The van der Waals surface area contributed by atoms with Gasteiger partial charge in [0.2, 0.25) is 0 Å². The molecule has 152 valence electrons. The molecule has 8 heteroatoms. The number of primary amides is 1. The molecule has 0 aliphatic heterocycles. The molecule has 0 aliphatic carbocycles. The normalized spacial score (nSPS) is 10.6. The fourth-order valence-corrected chi connectivity index (χ4v) is 3.93. The molecule has 0 saturated carbocycles. The van der Waals surface area contributed by atoms with Gasteiger partial charge in [0, 0.05) is 10.4 Å². The maximum absolute atomic E-state index is 12.8. The van der Waals surface area contributed by atoms with E-state index in [0.717, 1.165) is 23.3 Å². The molecule has 0 aliphatic rings. The van der Waals surface area contributed by atoms with E-state index in [1.54, 1.807) is 13.0 Å². The Kier molecular flexibility index (Phi) is 7.71. The summed E-state index contributed by atoms with van der Waals surface area (Å²) >= 11 is 7.66. The summed E-state index contributed by atoms with van der Waals surface area (Å²) in [6.45, 7) is 8.49. The maximum Gasteiger partial charge on any atom is 0.256 e. The lowest BCUT2D eigenvalue weighted by Gasteiger charge is -2.15. The first kappa shape index (κ1) is 22.0. The summed E-state index contributed by atoms with van der Waals surface area (Å²) in [5.74, 6) is -0.157. The van der Waals surface area contributed by atoms with Crippen LogP contribution in [-0.2, 0) is 0 Å². The lowest BCUT2D eigenvalue weighted by molar-refractivity contribution is 0.100. The SMILES string of the molecule is CCCCOc1c(Cl)cc(C(=O)Nc2sc(C)c(C)c2C(N)=O)cc1OCC. The summed E-state index contributed by atoms with van der Waals surface area (Å²) in [4.78, 5) is 25.4. The summed E-state index contributed by atoms with van der Waals surface area (Å²) in [6, 6.07) is 3.11. The monoisotopic (exact) mass is 424 g/mol. The number of nitrogens with two attached hydrogens (primary N) is 1. The van der Waals surface area contributed by atoms with Gasteiger partial charge in [0.25, 0.3) is 11.8 Å². The Hall–Kier alpha value is -2.25. The minimum atomic E-state index is -0.579. The molecular formula is C20H25ClN2O4S. The smallest absolute Gasteiger partial charge is 0.256 e. The van der Waals surface area contributed by atoms with Crippen molar-refractivity contribution < 1.29 is 19.1 Å². The van der Waals surface area contributed by atoms with Crippen molar-refractivity contribution in [3.8, 4) is 11.5 Å². The molecule has 1 aromatic heterocycles. The van der Waals surface area contributed by atoms with Crippen molar-refractivity contribution in [3.05, 3.63) is 38.7 Å². The molecule has 0 bridgehead atoms. The van der Waals surface area contributed by atoms with Crippen molar-refractivity contribution >= 4 is 39.8 Å². The molecule has 0 saturated heterocycles. The Morgan fingerprint density at radius 2 is 1.93 bits per heavy atom. The number of ether oxygens (including phenoxy) is 2. The molecule has 2 amide bonds. The number of hydrogen-bond acceptors (Lipinski definition) is 5. The molecule has 2 aromatic rings. The average molecular weight is 425 g/mol. The standard InChI is InChI=1S/C20H25ClN2O4S/c1-5-7-8-27-17-14(21)9-13(10-15(17)26-6-2)19(25)23-20-16(18(22)24)11(3)12(4)28-20/h9-10H,5-8H2,1-4H3,(H2,22,24)(H,23,25). The molecule has 0 atom stereocenters. The fraction of sp³-hybridized carbons (Fsp3) is 0.400. The highest BCUT2D eigenvalue weighted by Gasteiger charge is 2.21. The van der Waals surface area contributed by atoms with Crippen LogP contribution < -0.4 is 20.5 Å². The molecule has 1 aromatic carbocycles. The molecule has 3 N–H and O–H groups in total. The van der Waals surface area contributed by atoms with Gasteiger partial charge >= 0.3 is 0 Å². The van der Waals surface area contributed by atoms with Gasteiger partial charge in [-0.3, -0.25) is 9.59 Å². The van der Waals surface area contributed by atoms with Gasteiger partial charge in [-0.25, -0.2) is 0 Å². The number of carbonyl (C=O) groups is 2. The van der Waals surface area contributed by atoms with Gasteiger partial charge in [0.05, 0.1) is 23.8 Å². The van der Waals surface area contributed by atoms with Crippen LogP contribution in [0.5, 0.6) is 11.5 Å². The van der Waals surface area contributed by atoms with Crippen LogP contribution >= 0.6 is 22.9 Å². The van der Waals surface area contributed by atoms with Gasteiger partial charge in [-0.15, -0.1) is 11.3 Å². The van der Waals surface area contributed by atoms with Crippen LogP contribution in [0.2, 0.25) is 5.02 Å². The van der Waals surface area contributed by atoms with E-state index in [9.17, 15) is 9.59 Å². The number of carbonyl (C=O) groups excluding carboxylic acids is 2. The summed E-state index contributed by atoms with van der Waals surface area (Å²) in [5, 5.41) is 3.48. The first-order valence-electron chi connectivity index (χ1n) is 9.10. The summed E-state index contributed by atoms with van der Waals surface area (Å²) in [6.07, 6.45) is 1.88. The van der Waals surface area contributed by atoms with Gasteiger partial charge in [-0.2, -0.15) is 0 Å². The minimum Gasteiger partial charge on any atom is -0.490 e. The van der Waals surface area contributed by atoms with Gasteiger partial charge in [0.15, 0.2) is 11.5 Å². The molecule has 6 nitrogen and oxygen atoms in total. The van der Waals surface area contributed by atoms with E-state index in [-0.39, 0.29) is 0 Å². The number of aryl methyl sites for hydroxylation is 1. The first-order chi connectivity index (χ1) is 13.3. The zero-order chi connectivity index (χ0) is 20.8. The van der Waals surface area contributed by atoms with Crippen LogP contribution in [0.1, 0.15) is 57.8 Å². The van der Waals surface area contributed by atoms with Crippen molar-refractivity contribution in [2.45, 2.75) is 40.5 Å². The lowest BCUT2D eigenvalue weighted by Crippen LogP contribution is -2.17. The van der Waals surface area contributed by atoms with Gasteiger partial charge in [0.1, 0.15) is 5.00 Å². The predicted molar refractivity (Wildman–Crippen MR) is 113 cm³/mol. The molecular weight excluding hydrogens is 400 g/mol. The van der Waals surface area contributed by atoms with Crippen LogP contribution in [0.4, 0.5) is 5.00 Å². The quantitative estimate of drug-likeness (QED) is 0.557. The highest BCUT2D eigenvalue weighted by Crippen LogP contribution is 2.38. The first-order valence-corrected chi connectivity index (χ1v) is 10.3. The van der Waals surface area contributed by atoms with Crippen LogP contribution in [0, 0.1) is 13.8 Å². The largest absolute Gasteiger partial charge is 0.490 e. The number of hydrogen-bond donors (Lipinski definition) is 2. The average Bonchev–Trinajstić information content (AvgIpc) is 2.91. The zero-order valence-electron chi connectivity index (χ0n) is 16.5. The Morgan fingerprint density at radius 1 is 1.21 bits per heavy atom. The third-order valence-corrected chi connectivity index (χ3v) is 5.58. The number of nitrogens with one attached hydrogen (secondary N) is 1. The molecule has 0 spiro atoms. The lowest BCUT2D eigenvalue weighted by atomic mass is 10.1. The van der Waals surface area contributed by atoms with E-state index in [2.05, 4.69) is 12.2 Å². The van der Waals surface area contributed by atoms with Crippen LogP contribution in [0.3, 0.4) is 0 Å². The van der Waals surface area contributed by atoms with Crippen molar-refractivity contribution in [1.29, 1.82) is 0 Å². The Bertz CT molecular complexity index is 880. The van der Waals surface area contributed by atoms with Crippen LogP contribution in [0.25, 0.3) is 0 Å². The van der Waals surface area contributed by atoms with Crippen molar-refractivity contribution in [1.82, 2.24) is 0 Å². The molecule has 28 heavy (non-hydrogen) atoms. The third-order valence-electron chi connectivity index (χ3n) is 4.17. The summed E-state index contributed by atoms with van der Waals surface area (Å²) in [7, 11) is 0. The molecule has 1 heterocycles. The van der Waals surface area contributed by atoms with Crippen LogP contribution in [-0.4, -0.2) is 25.0 Å². The van der Waals surface area contributed by atoms with E-state index in [1.807, 2.05) is 13.8 Å². The van der Waals surface area contributed by atoms with Gasteiger partial charge in [-0.1, -0.05) is 24.9 Å². The number of anilines is 1. The maximum atomic E-state index is 12.8. The molecule has 2 rings (SSSR count). The molecule has 0 fully saturated rings. The Balaban J connectivity index is 2.33. The number of thiophene rings is 1.